The molecule has 1 aliphatic heterocycles. The maximum Gasteiger partial charge on any atom is 0.228 e. The Morgan fingerprint density at radius 1 is 1.68 bits per heavy atom. The Morgan fingerprint density at radius 3 is 3.11 bits per heavy atom. The van der Waals surface area contributed by atoms with E-state index in [1.54, 1.807) is 11.1 Å². The van der Waals surface area contributed by atoms with Crippen molar-refractivity contribution in [2.24, 2.45) is 5.92 Å². The van der Waals surface area contributed by atoms with Crippen molar-refractivity contribution in [1.82, 2.24) is 9.97 Å². The second kappa shape index (κ2) is 6.36. The number of anilines is 1. The molecule has 102 valence electrons. The van der Waals surface area contributed by atoms with E-state index in [-0.39, 0.29) is 22.2 Å². The molecular formula is C11H11ClIN3O2S. The van der Waals surface area contributed by atoms with Gasteiger partial charge in [0.1, 0.15) is 0 Å². The molecular weight excluding hydrogens is 401 g/mol. The highest BCUT2D eigenvalue weighted by molar-refractivity contribution is 14.1. The summed E-state index contributed by atoms with van der Waals surface area (Å²) in [5.74, 6) is 1.40. The highest BCUT2D eigenvalue weighted by atomic mass is 127. The lowest BCUT2D eigenvalue weighted by Crippen LogP contribution is -2.27. The summed E-state index contributed by atoms with van der Waals surface area (Å²) in [5.41, 5.74) is 0. The van der Waals surface area contributed by atoms with Crippen LogP contribution < -0.4 is 4.90 Å². The first kappa shape index (κ1) is 15.0. The molecule has 0 saturated carbocycles. The first-order valence-corrected chi connectivity index (χ1v) is 8.03. The second-order valence-corrected chi connectivity index (χ2v) is 6.88. The molecule has 2 rings (SSSR count). The molecule has 1 aromatic heterocycles. The highest BCUT2D eigenvalue weighted by Gasteiger charge is 2.32. The number of thioether (sulfide) groups is 1. The third-order valence-corrected chi connectivity index (χ3v) is 4.67. The van der Waals surface area contributed by atoms with Crippen LogP contribution in [0.4, 0.5) is 5.82 Å². The number of amides is 1. The largest absolute Gasteiger partial charge is 0.295 e. The van der Waals surface area contributed by atoms with Crippen molar-refractivity contribution < 1.29 is 9.59 Å². The van der Waals surface area contributed by atoms with E-state index >= 15 is 0 Å². The maximum atomic E-state index is 12.0. The van der Waals surface area contributed by atoms with Gasteiger partial charge in [0.2, 0.25) is 11.2 Å². The van der Waals surface area contributed by atoms with Crippen molar-refractivity contribution in [3.8, 4) is 0 Å². The Kier molecular flexibility index (Phi) is 5.02. The predicted molar refractivity (Wildman–Crippen MR) is 83.4 cm³/mol. The van der Waals surface area contributed by atoms with Gasteiger partial charge < -0.3 is 0 Å². The standard InChI is InChI=1S/C11H11ClIN3O2S/c1-6(17)19-5-7-2-9(18)16(4-7)10-8(13)3-14-11(12)15-10/h3,7H,2,4-5H2,1H3. The number of rotatable bonds is 3. The van der Waals surface area contributed by atoms with Crippen LogP contribution in [0.5, 0.6) is 0 Å². The van der Waals surface area contributed by atoms with Gasteiger partial charge in [-0.05, 0) is 40.1 Å². The summed E-state index contributed by atoms with van der Waals surface area (Å²) in [7, 11) is 0. The first-order valence-electron chi connectivity index (χ1n) is 5.59. The zero-order chi connectivity index (χ0) is 14.0. The monoisotopic (exact) mass is 411 g/mol. The minimum absolute atomic E-state index is 0.0156. The Bertz CT molecular complexity index is 529. The zero-order valence-corrected chi connectivity index (χ0v) is 13.8. The van der Waals surface area contributed by atoms with Crippen LogP contribution in [0.3, 0.4) is 0 Å². The molecule has 1 saturated heterocycles. The van der Waals surface area contributed by atoms with Gasteiger partial charge in [-0.1, -0.05) is 11.8 Å². The molecule has 1 atom stereocenters. The summed E-state index contributed by atoms with van der Waals surface area (Å²) in [4.78, 5) is 32.6. The van der Waals surface area contributed by atoms with Crippen LogP contribution in [0.2, 0.25) is 5.28 Å². The predicted octanol–water partition coefficient (Wildman–Crippen LogP) is 2.37. The van der Waals surface area contributed by atoms with E-state index in [1.807, 2.05) is 0 Å². The van der Waals surface area contributed by atoms with Crippen molar-refractivity contribution >= 4 is 62.8 Å². The molecule has 2 heterocycles. The molecule has 0 aromatic carbocycles. The summed E-state index contributed by atoms with van der Waals surface area (Å²) < 4.78 is 0.787. The summed E-state index contributed by atoms with van der Waals surface area (Å²) in [6.45, 7) is 2.11. The average molecular weight is 412 g/mol. The first-order chi connectivity index (χ1) is 8.97. The topological polar surface area (TPSA) is 63.2 Å². The maximum absolute atomic E-state index is 12.0. The lowest BCUT2D eigenvalue weighted by atomic mass is 10.1. The molecule has 0 radical (unpaired) electrons. The van der Waals surface area contributed by atoms with Gasteiger partial charge >= 0.3 is 0 Å². The molecule has 1 amide bonds. The van der Waals surface area contributed by atoms with Gasteiger partial charge in [-0.15, -0.1) is 0 Å². The zero-order valence-electron chi connectivity index (χ0n) is 10.1. The molecule has 0 aliphatic carbocycles. The lowest BCUT2D eigenvalue weighted by molar-refractivity contribution is -0.117. The van der Waals surface area contributed by atoms with Gasteiger partial charge in [0, 0.05) is 31.8 Å². The van der Waals surface area contributed by atoms with E-state index in [4.69, 9.17) is 11.6 Å². The van der Waals surface area contributed by atoms with Crippen LogP contribution in [-0.4, -0.2) is 33.3 Å². The molecule has 5 nitrogen and oxygen atoms in total. The van der Waals surface area contributed by atoms with Crippen molar-refractivity contribution in [2.75, 3.05) is 17.2 Å². The van der Waals surface area contributed by atoms with Crippen LogP contribution >= 0.6 is 46.0 Å². The van der Waals surface area contributed by atoms with Gasteiger partial charge in [0.05, 0.1) is 3.57 Å². The van der Waals surface area contributed by atoms with Crippen molar-refractivity contribution in [1.29, 1.82) is 0 Å². The SMILES string of the molecule is CC(=O)SCC1CC(=O)N(c2nc(Cl)ncc2I)C1. The molecule has 0 spiro atoms. The third-order valence-electron chi connectivity index (χ3n) is 2.68. The lowest BCUT2D eigenvalue weighted by Gasteiger charge is -2.16. The third kappa shape index (κ3) is 3.79. The summed E-state index contributed by atoms with van der Waals surface area (Å²) in [6, 6.07) is 0. The van der Waals surface area contributed by atoms with Gasteiger partial charge in [0.25, 0.3) is 0 Å². The Hall–Kier alpha value is -0.410. The van der Waals surface area contributed by atoms with Crippen LogP contribution in [-0.2, 0) is 9.59 Å². The molecule has 1 fully saturated rings. The van der Waals surface area contributed by atoms with E-state index in [0.717, 1.165) is 3.57 Å². The van der Waals surface area contributed by atoms with Gasteiger partial charge in [0.15, 0.2) is 10.9 Å². The average Bonchev–Trinajstić information content (AvgIpc) is 2.71. The summed E-state index contributed by atoms with van der Waals surface area (Å²) in [6.07, 6.45) is 2.04. The fraction of sp³-hybridized carbons (Fsp3) is 0.455. The quantitative estimate of drug-likeness (QED) is 0.564. The number of hydrogen-bond acceptors (Lipinski definition) is 5. The van der Waals surface area contributed by atoms with Crippen molar-refractivity contribution in [2.45, 2.75) is 13.3 Å². The fourth-order valence-electron chi connectivity index (χ4n) is 1.86. The molecule has 8 heteroatoms. The second-order valence-electron chi connectivity index (χ2n) is 4.19. The molecule has 0 N–H and O–H groups in total. The Labute approximate surface area is 133 Å². The molecule has 1 unspecified atom stereocenters. The van der Waals surface area contributed by atoms with Gasteiger partial charge in [-0.2, -0.15) is 4.98 Å². The Balaban J connectivity index is 2.11. The van der Waals surface area contributed by atoms with E-state index in [0.29, 0.717) is 24.5 Å². The number of carbonyl (C=O) groups excluding carboxylic acids is 2. The van der Waals surface area contributed by atoms with E-state index in [1.165, 1.54) is 18.7 Å². The van der Waals surface area contributed by atoms with Crippen LogP contribution in [0, 0.1) is 9.49 Å². The number of halogens is 2. The van der Waals surface area contributed by atoms with Gasteiger partial charge in [-0.25, -0.2) is 4.98 Å². The van der Waals surface area contributed by atoms with Crippen LogP contribution in [0.25, 0.3) is 0 Å². The number of nitrogens with zero attached hydrogens (tertiary/aromatic N) is 3. The summed E-state index contributed by atoms with van der Waals surface area (Å²) >= 11 is 9.11. The normalized spacial score (nSPS) is 19.0. The summed E-state index contributed by atoms with van der Waals surface area (Å²) in [5, 5.41) is 0.204. The van der Waals surface area contributed by atoms with E-state index < -0.39 is 0 Å². The number of carbonyl (C=O) groups is 2. The molecule has 19 heavy (non-hydrogen) atoms. The van der Waals surface area contributed by atoms with Gasteiger partial charge in [-0.3, -0.25) is 14.5 Å². The minimum atomic E-state index is 0.0156. The van der Waals surface area contributed by atoms with Crippen molar-refractivity contribution in [3.63, 3.8) is 0 Å². The number of hydrogen-bond donors (Lipinski definition) is 0. The van der Waals surface area contributed by atoms with E-state index in [9.17, 15) is 9.59 Å². The van der Waals surface area contributed by atoms with Crippen LogP contribution in [0.1, 0.15) is 13.3 Å². The smallest absolute Gasteiger partial charge is 0.228 e. The number of aromatic nitrogens is 2. The molecule has 0 bridgehead atoms. The van der Waals surface area contributed by atoms with Crippen molar-refractivity contribution in [3.05, 3.63) is 15.1 Å². The molecule has 1 aliphatic rings. The van der Waals surface area contributed by atoms with Crippen LogP contribution in [0.15, 0.2) is 6.20 Å². The minimum Gasteiger partial charge on any atom is -0.295 e. The Morgan fingerprint density at radius 2 is 2.42 bits per heavy atom. The highest BCUT2D eigenvalue weighted by Crippen LogP contribution is 2.29. The van der Waals surface area contributed by atoms with E-state index in [2.05, 4.69) is 32.6 Å². The molecule has 1 aromatic rings. The fourth-order valence-corrected chi connectivity index (χ4v) is 3.23.